The van der Waals surface area contributed by atoms with Crippen molar-refractivity contribution in [1.29, 1.82) is 0 Å². The highest BCUT2D eigenvalue weighted by atomic mass is 79.9. The molecule has 0 bridgehead atoms. The van der Waals surface area contributed by atoms with Crippen LogP contribution in [0.1, 0.15) is 12.5 Å². The van der Waals surface area contributed by atoms with E-state index in [1.165, 1.54) is 0 Å². The average Bonchev–Trinajstić information content (AvgIpc) is 2.09. The van der Waals surface area contributed by atoms with Crippen molar-refractivity contribution < 1.29 is 5.11 Å². The van der Waals surface area contributed by atoms with Crippen molar-refractivity contribution in [2.45, 2.75) is 18.9 Å². The van der Waals surface area contributed by atoms with Gasteiger partial charge in [0.05, 0.1) is 6.61 Å². The summed E-state index contributed by atoms with van der Waals surface area (Å²) in [6, 6.07) is 3.81. The molecule has 0 saturated carbocycles. The minimum Gasteiger partial charge on any atom is -0.394 e. The Morgan fingerprint density at radius 1 is 1.62 bits per heavy atom. The van der Waals surface area contributed by atoms with Gasteiger partial charge in [0.2, 0.25) is 0 Å². The second-order valence-electron chi connectivity index (χ2n) is 3.48. The fourth-order valence-electron chi connectivity index (χ4n) is 1.03. The van der Waals surface area contributed by atoms with Crippen LogP contribution in [-0.4, -0.2) is 22.2 Å². The van der Waals surface area contributed by atoms with Crippen molar-refractivity contribution in [2.24, 2.45) is 5.73 Å². The Bertz CT molecular complexity index is 271. The van der Waals surface area contributed by atoms with E-state index in [1.54, 1.807) is 6.20 Å². The van der Waals surface area contributed by atoms with Gasteiger partial charge in [-0.3, -0.25) is 0 Å². The molecule has 0 fully saturated rings. The van der Waals surface area contributed by atoms with Gasteiger partial charge < -0.3 is 10.8 Å². The monoisotopic (exact) mass is 244 g/mol. The maximum atomic E-state index is 8.96. The molecule has 1 unspecified atom stereocenters. The fourth-order valence-corrected chi connectivity index (χ4v) is 1.27. The topological polar surface area (TPSA) is 59.1 Å². The van der Waals surface area contributed by atoms with E-state index in [-0.39, 0.29) is 6.61 Å². The summed E-state index contributed by atoms with van der Waals surface area (Å²) in [7, 11) is 0. The molecule has 1 heterocycles. The molecule has 13 heavy (non-hydrogen) atoms. The SMILES string of the molecule is CC(N)(CO)Cc1ccc(Br)nc1. The Hall–Kier alpha value is -0.450. The number of hydrogen-bond donors (Lipinski definition) is 2. The Kier molecular flexibility index (Phi) is 3.41. The normalized spacial score (nSPS) is 15.4. The molecule has 0 aliphatic rings. The van der Waals surface area contributed by atoms with E-state index in [1.807, 2.05) is 19.1 Å². The molecule has 0 aliphatic heterocycles. The van der Waals surface area contributed by atoms with E-state index < -0.39 is 5.54 Å². The van der Waals surface area contributed by atoms with Crippen molar-refractivity contribution in [2.75, 3.05) is 6.61 Å². The fraction of sp³-hybridized carbons (Fsp3) is 0.444. The molecule has 0 saturated heterocycles. The maximum absolute atomic E-state index is 8.96. The van der Waals surface area contributed by atoms with Crippen LogP contribution in [0.2, 0.25) is 0 Å². The van der Waals surface area contributed by atoms with E-state index in [4.69, 9.17) is 10.8 Å². The van der Waals surface area contributed by atoms with Gasteiger partial charge in [-0.2, -0.15) is 0 Å². The van der Waals surface area contributed by atoms with Crippen molar-refractivity contribution in [1.82, 2.24) is 4.98 Å². The van der Waals surface area contributed by atoms with Gasteiger partial charge in [-0.25, -0.2) is 4.98 Å². The summed E-state index contributed by atoms with van der Waals surface area (Å²) >= 11 is 3.25. The Labute approximate surface area is 86.1 Å². The van der Waals surface area contributed by atoms with Crippen LogP contribution in [-0.2, 0) is 6.42 Å². The Morgan fingerprint density at radius 3 is 2.77 bits per heavy atom. The first-order chi connectivity index (χ1) is 6.03. The van der Waals surface area contributed by atoms with Crippen LogP contribution >= 0.6 is 15.9 Å². The van der Waals surface area contributed by atoms with Crippen molar-refractivity contribution in [3.05, 3.63) is 28.5 Å². The minimum atomic E-state index is -0.560. The van der Waals surface area contributed by atoms with Crippen LogP contribution in [0.15, 0.2) is 22.9 Å². The smallest absolute Gasteiger partial charge is 0.106 e. The van der Waals surface area contributed by atoms with Crippen molar-refractivity contribution >= 4 is 15.9 Å². The lowest BCUT2D eigenvalue weighted by Gasteiger charge is -2.21. The summed E-state index contributed by atoms with van der Waals surface area (Å²) in [5.41, 5.74) is 6.27. The molecular formula is C9H13BrN2O. The zero-order chi connectivity index (χ0) is 9.90. The predicted octanol–water partition coefficient (Wildman–Crippen LogP) is 1.10. The van der Waals surface area contributed by atoms with Crippen LogP contribution in [0.5, 0.6) is 0 Å². The average molecular weight is 245 g/mol. The van der Waals surface area contributed by atoms with E-state index in [2.05, 4.69) is 20.9 Å². The lowest BCUT2D eigenvalue weighted by molar-refractivity contribution is 0.208. The lowest BCUT2D eigenvalue weighted by Crippen LogP contribution is -2.42. The highest BCUT2D eigenvalue weighted by molar-refractivity contribution is 9.10. The first-order valence-corrected chi connectivity index (χ1v) is 4.83. The lowest BCUT2D eigenvalue weighted by atomic mass is 9.96. The first kappa shape index (κ1) is 10.6. The van der Waals surface area contributed by atoms with Gasteiger partial charge in [0.1, 0.15) is 4.60 Å². The molecule has 1 aromatic heterocycles. The maximum Gasteiger partial charge on any atom is 0.106 e. The summed E-state index contributed by atoms with van der Waals surface area (Å²) in [5.74, 6) is 0. The molecule has 4 heteroatoms. The highest BCUT2D eigenvalue weighted by Gasteiger charge is 2.17. The second kappa shape index (κ2) is 4.17. The molecule has 1 atom stereocenters. The predicted molar refractivity (Wildman–Crippen MR) is 55.3 cm³/mol. The van der Waals surface area contributed by atoms with Crippen LogP contribution < -0.4 is 5.73 Å². The second-order valence-corrected chi connectivity index (χ2v) is 4.29. The molecule has 0 amide bonds. The number of hydrogen-bond acceptors (Lipinski definition) is 3. The van der Waals surface area contributed by atoms with Gasteiger partial charge in [-0.15, -0.1) is 0 Å². The summed E-state index contributed by atoms with van der Waals surface area (Å²) < 4.78 is 0.805. The molecule has 3 N–H and O–H groups in total. The van der Waals surface area contributed by atoms with Gasteiger partial charge in [0.15, 0.2) is 0 Å². The summed E-state index contributed by atoms with van der Waals surface area (Å²) in [6.07, 6.45) is 2.38. The van der Waals surface area contributed by atoms with Crippen LogP contribution in [0.3, 0.4) is 0 Å². The number of rotatable bonds is 3. The molecule has 72 valence electrons. The summed E-state index contributed by atoms with van der Waals surface area (Å²) in [4.78, 5) is 4.08. The van der Waals surface area contributed by atoms with Crippen LogP contribution in [0, 0.1) is 0 Å². The zero-order valence-electron chi connectivity index (χ0n) is 7.50. The number of halogens is 1. The van der Waals surface area contributed by atoms with Crippen molar-refractivity contribution in [3.63, 3.8) is 0 Å². The number of aliphatic hydroxyl groups is 1. The Balaban J connectivity index is 2.69. The molecule has 1 aromatic rings. The molecule has 1 rings (SSSR count). The number of pyridine rings is 1. The molecule has 0 aliphatic carbocycles. The van der Waals surface area contributed by atoms with E-state index in [0.29, 0.717) is 6.42 Å². The number of nitrogens with zero attached hydrogens (tertiary/aromatic N) is 1. The highest BCUT2D eigenvalue weighted by Crippen LogP contribution is 2.11. The van der Waals surface area contributed by atoms with E-state index in [0.717, 1.165) is 10.2 Å². The quantitative estimate of drug-likeness (QED) is 0.784. The molecule has 0 spiro atoms. The van der Waals surface area contributed by atoms with Crippen LogP contribution in [0.4, 0.5) is 0 Å². The van der Waals surface area contributed by atoms with Gasteiger partial charge in [-0.05, 0) is 40.9 Å². The van der Waals surface area contributed by atoms with E-state index >= 15 is 0 Å². The first-order valence-electron chi connectivity index (χ1n) is 4.04. The van der Waals surface area contributed by atoms with Gasteiger partial charge in [-0.1, -0.05) is 6.07 Å². The zero-order valence-corrected chi connectivity index (χ0v) is 9.08. The number of aromatic nitrogens is 1. The minimum absolute atomic E-state index is 0.0247. The third-order valence-electron chi connectivity index (χ3n) is 1.76. The van der Waals surface area contributed by atoms with Gasteiger partial charge in [0.25, 0.3) is 0 Å². The van der Waals surface area contributed by atoms with E-state index in [9.17, 15) is 0 Å². The largest absolute Gasteiger partial charge is 0.394 e. The standard InChI is InChI=1S/C9H13BrN2O/c1-9(11,6-13)4-7-2-3-8(10)12-5-7/h2-3,5,13H,4,6,11H2,1H3. The molecule has 0 aromatic carbocycles. The Morgan fingerprint density at radius 2 is 2.31 bits per heavy atom. The molecule has 0 radical (unpaired) electrons. The summed E-state index contributed by atoms with van der Waals surface area (Å²) in [5, 5.41) is 8.96. The number of aliphatic hydroxyl groups excluding tert-OH is 1. The van der Waals surface area contributed by atoms with Gasteiger partial charge >= 0.3 is 0 Å². The third-order valence-corrected chi connectivity index (χ3v) is 2.23. The van der Waals surface area contributed by atoms with Gasteiger partial charge in [0, 0.05) is 11.7 Å². The third kappa shape index (κ3) is 3.42. The molecular weight excluding hydrogens is 232 g/mol. The number of nitrogens with two attached hydrogens (primary N) is 1. The van der Waals surface area contributed by atoms with Crippen LogP contribution in [0.25, 0.3) is 0 Å². The summed E-state index contributed by atoms with van der Waals surface area (Å²) in [6.45, 7) is 1.79. The van der Waals surface area contributed by atoms with Crippen molar-refractivity contribution in [3.8, 4) is 0 Å². The molecule has 3 nitrogen and oxygen atoms in total.